The van der Waals surface area contributed by atoms with Crippen LogP contribution in [0.1, 0.15) is 0 Å². The van der Waals surface area contributed by atoms with Crippen LogP contribution in [-0.2, 0) is 14.8 Å². The molecule has 3 rings (SSSR count). The summed E-state index contributed by atoms with van der Waals surface area (Å²) in [7, 11) is -2.46. The van der Waals surface area contributed by atoms with Gasteiger partial charge in [-0.3, -0.25) is 9.10 Å². The molecule has 0 aliphatic heterocycles. The molecule has 0 aromatic heterocycles. The van der Waals surface area contributed by atoms with Gasteiger partial charge in [-0.15, -0.1) is 0 Å². The van der Waals surface area contributed by atoms with E-state index >= 15 is 0 Å². The number of carbonyl (C=O) groups is 1. The molecule has 0 saturated heterocycles. The molecular formula is C21H19ClN2O4S. The molecule has 29 heavy (non-hydrogen) atoms. The maximum Gasteiger partial charge on any atom is 0.264 e. The van der Waals surface area contributed by atoms with Gasteiger partial charge in [-0.1, -0.05) is 41.9 Å². The van der Waals surface area contributed by atoms with Crippen molar-refractivity contribution in [3.05, 3.63) is 83.9 Å². The maximum atomic E-state index is 13.2. The number of amides is 1. The molecule has 0 fully saturated rings. The number of carbonyl (C=O) groups excluding carboxylic acids is 1. The van der Waals surface area contributed by atoms with Gasteiger partial charge in [-0.2, -0.15) is 0 Å². The molecule has 3 aromatic carbocycles. The first-order valence-electron chi connectivity index (χ1n) is 8.68. The van der Waals surface area contributed by atoms with Crippen LogP contribution >= 0.6 is 11.6 Å². The summed E-state index contributed by atoms with van der Waals surface area (Å²) in [5, 5.41) is 2.92. The summed E-state index contributed by atoms with van der Waals surface area (Å²) in [6.45, 7) is -0.438. The van der Waals surface area contributed by atoms with Crippen molar-refractivity contribution >= 4 is 38.9 Å². The molecule has 8 heteroatoms. The van der Waals surface area contributed by atoms with Gasteiger partial charge < -0.3 is 10.1 Å². The number of nitrogens with one attached hydrogen (secondary N) is 1. The van der Waals surface area contributed by atoms with Crippen molar-refractivity contribution in [1.29, 1.82) is 0 Å². The fourth-order valence-electron chi connectivity index (χ4n) is 2.68. The summed E-state index contributed by atoms with van der Waals surface area (Å²) in [5.41, 5.74) is 0.745. The highest BCUT2D eigenvalue weighted by molar-refractivity contribution is 7.92. The van der Waals surface area contributed by atoms with E-state index in [2.05, 4.69) is 5.32 Å². The fourth-order valence-corrected chi connectivity index (χ4v) is 4.43. The van der Waals surface area contributed by atoms with Crippen molar-refractivity contribution in [2.24, 2.45) is 0 Å². The number of benzene rings is 3. The number of hydrogen-bond donors (Lipinski definition) is 1. The number of rotatable bonds is 7. The summed E-state index contributed by atoms with van der Waals surface area (Å²) in [5.74, 6) is 0.141. The fraction of sp³-hybridized carbons (Fsp3) is 0.0952. The van der Waals surface area contributed by atoms with E-state index in [0.717, 1.165) is 4.31 Å². The van der Waals surface area contributed by atoms with Crippen molar-refractivity contribution in [2.75, 3.05) is 23.3 Å². The highest BCUT2D eigenvalue weighted by Gasteiger charge is 2.28. The number of nitrogens with zero attached hydrogens (tertiary/aromatic N) is 1. The van der Waals surface area contributed by atoms with Gasteiger partial charge in [0.15, 0.2) is 0 Å². The lowest BCUT2D eigenvalue weighted by molar-refractivity contribution is -0.114. The van der Waals surface area contributed by atoms with E-state index in [1.165, 1.54) is 12.1 Å². The van der Waals surface area contributed by atoms with E-state index in [1.807, 2.05) is 0 Å². The average molecular weight is 431 g/mol. The molecule has 0 aliphatic carbocycles. The second-order valence-electron chi connectivity index (χ2n) is 6.05. The molecule has 0 radical (unpaired) electrons. The van der Waals surface area contributed by atoms with E-state index in [9.17, 15) is 13.2 Å². The van der Waals surface area contributed by atoms with Crippen LogP contribution < -0.4 is 14.4 Å². The van der Waals surface area contributed by atoms with Gasteiger partial charge >= 0.3 is 0 Å². The topological polar surface area (TPSA) is 75.7 Å². The lowest BCUT2D eigenvalue weighted by Crippen LogP contribution is -2.38. The standard InChI is InChI=1S/C21H19ClN2O4S/c1-28-17-13-11-16(12-14-17)23-21(25)15-24(20-10-6-5-9-19(20)22)29(26,27)18-7-3-2-4-8-18/h2-14H,15H2,1H3,(H,23,25). The highest BCUT2D eigenvalue weighted by atomic mass is 35.5. The molecule has 0 spiro atoms. The van der Waals surface area contributed by atoms with Gasteiger partial charge in [-0.05, 0) is 48.5 Å². The predicted molar refractivity (Wildman–Crippen MR) is 114 cm³/mol. The van der Waals surface area contributed by atoms with Crippen LogP contribution in [0.3, 0.4) is 0 Å². The van der Waals surface area contributed by atoms with Gasteiger partial charge in [0.2, 0.25) is 5.91 Å². The molecule has 0 heterocycles. The summed E-state index contributed by atoms with van der Waals surface area (Å²) in [6, 6.07) is 21.1. The minimum Gasteiger partial charge on any atom is -0.497 e. The second kappa shape index (κ2) is 8.98. The van der Waals surface area contributed by atoms with E-state index in [4.69, 9.17) is 16.3 Å². The SMILES string of the molecule is COc1ccc(NC(=O)CN(c2ccccc2Cl)S(=O)(=O)c2ccccc2)cc1. The number of ether oxygens (including phenoxy) is 1. The molecule has 0 aliphatic rings. The van der Waals surface area contributed by atoms with Gasteiger partial charge in [0.25, 0.3) is 10.0 Å². The summed E-state index contributed by atoms with van der Waals surface area (Å²) in [4.78, 5) is 12.7. The smallest absolute Gasteiger partial charge is 0.264 e. The second-order valence-corrected chi connectivity index (χ2v) is 8.32. The number of para-hydroxylation sites is 1. The zero-order chi connectivity index (χ0) is 20.9. The number of hydrogen-bond acceptors (Lipinski definition) is 4. The van der Waals surface area contributed by atoms with Crippen LogP contribution in [0.2, 0.25) is 5.02 Å². The van der Waals surface area contributed by atoms with E-state index in [1.54, 1.807) is 73.8 Å². The van der Waals surface area contributed by atoms with Gasteiger partial charge in [0.1, 0.15) is 12.3 Å². The molecule has 0 atom stereocenters. The first kappa shape index (κ1) is 20.7. The third-order valence-corrected chi connectivity index (χ3v) is 6.21. The number of anilines is 2. The van der Waals surface area contributed by atoms with Crippen LogP contribution in [0.5, 0.6) is 5.75 Å². The van der Waals surface area contributed by atoms with Crippen molar-refractivity contribution in [1.82, 2.24) is 0 Å². The molecule has 1 amide bonds. The third kappa shape index (κ3) is 4.88. The lowest BCUT2D eigenvalue weighted by Gasteiger charge is -2.25. The third-order valence-electron chi connectivity index (χ3n) is 4.11. The summed E-state index contributed by atoms with van der Waals surface area (Å²) in [6.07, 6.45) is 0. The summed E-state index contributed by atoms with van der Waals surface area (Å²) >= 11 is 6.24. The van der Waals surface area contributed by atoms with Gasteiger partial charge in [0, 0.05) is 5.69 Å². The Hall–Kier alpha value is -3.03. The lowest BCUT2D eigenvalue weighted by atomic mass is 10.3. The Morgan fingerprint density at radius 3 is 2.21 bits per heavy atom. The van der Waals surface area contributed by atoms with Gasteiger partial charge in [-0.25, -0.2) is 8.42 Å². The first-order valence-corrected chi connectivity index (χ1v) is 10.5. The Morgan fingerprint density at radius 1 is 0.966 bits per heavy atom. The van der Waals surface area contributed by atoms with Crippen LogP contribution in [0.4, 0.5) is 11.4 Å². The zero-order valence-corrected chi connectivity index (χ0v) is 17.2. The highest BCUT2D eigenvalue weighted by Crippen LogP contribution is 2.30. The van der Waals surface area contributed by atoms with Crippen molar-refractivity contribution in [3.8, 4) is 5.75 Å². The molecule has 0 unspecified atom stereocenters. The monoisotopic (exact) mass is 430 g/mol. The Morgan fingerprint density at radius 2 is 1.59 bits per heavy atom. The van der Waals surface area contributed by atoms with Crippen LogP contribution in [0.25, 0.3) is 0 Å². The summed E-state index contributed by atoms with van der Waals surface area (Å²) < 4.78 is 32.5. The Kier molecular flexibility index (Phi) is 6.41. The quantitative estimate of drug-likeness (QED) is 0.610. The molecule has 150 valence electrons. The Labute approximate surface area is 174 Å². The molecule has 6 nitrogen and oxygen atoms in total. The molecule has 0 saturated carbocycles. The largest absolute Gasteiger partial charge is 0.497 e. The minimum atomic E-state index is -4.01. The molecule has 0 bridgehead atoms. The Bertz CT molecular complexity index is 1090. The minimum absolute atomic E-state index is 0.0668. The predicted octanol–water partition coefficient (Wildman–Crippen LogP) is 4.18. The van der Waals surface area contributed by atoms with Crippen molar-refractivity contribution in [2.45, 2.75) is 4.90 Å². The van der Waals surface area contributed by atoms with Crippen LogP contribution in [-0.4, -0.2) is 28.0 Å². The van der Waals surface area contributed by atoms with Gasteiger partial charge in [0.05, 0.1) is 22.7 Å². The Balaban J connectivity index is 1.91. The van der Waals surface area contributed by atoms with E-state index in [0.29, 0.717) is 11.4 Å². The van der Waals surface area contributed by atoms with Crippen molar-refractivity contribution < 1.29 is 17.9 Å². The number of halogens is 1. The van der Waals surface area contributed by atoms with E-state index in [-0.39, 0.29) is 15.6 Å². The van der Waals surface area contributed by atoms with Crippen molar-refractivity contribution in [3.63, 3.8) is 0 Å². The molecule has 3 aromatic rings. The maximum absolute atomic E-state index is 13.2. The number of methoxy groups -OCH3 is 1. The average Bonchev–Trinajstić information content (AvgIpc) is 2.74. The van der Waals surface area contributed by atoms with Crippen LogP contribution in [0.15, 0.2) is 83.8 Å². The molecular weight excluding hydrogens is 412 g/mol. The first-order chi connectivity index (χ1) is 13.9. The normalized spacial score (nSPS) is 11.0. The van der Waals surface area contributed by atoms with E-state index < -0.39 is 22.5 Å². The molecule has 1 N–H and O–H groups in total. The number of sulfonamides is 1. The zero-order valence-electron chi connectivity index (χ0n) is 15.6. The van der Waals surface area contributed by atoms with Crippen LogP contribution in [0, 0.1) is 0 Å².